The topological polar surface area (TPSA) is 69.6 Å². The Hall–Kier alpha value is -1.40. The molecule has 0 fully saturated rings. The lowest BCUT2D eigenvalue weighted by molar-refractivity contribution is -0.136. The zero-order valence-corrected chi connectivity index (χ0v) is 12.3. The monoisotopic (exact) mass is 284 g/mol. The summed E-state index contributed by atoms with van der Waals surface area (Å²) in [5, 5.41) is 11.8. The summed E-state index contributed by atoms with van der Waals surface area (Å²) in [6.07, 6.45) is 0.0533. The highest BCUT2D eigenvalue weighted by molar-refractivity contribution is 7.12. The van der Waals surface area contributed by atoms with E-state index in [2.05, 4.69) is 5.32 Å². The number of aliphatic carboxylic acids is 1. The number of hydrogen-bond acceptors (Lipinski definition) is 4. The van der Waals surface area contributed by atoms with Crippen LogP contribution in [0.2, 0.25) is 0 Å². The van der Waals surface area contributed by atoms with Crippen LogP contribution >= 0.6 is 11.3 Å². The minimum atomic E-state index is -0.825. The van der Waals surface area contributed by atoms with E-state index in [1.807, 2.05) is 26.0 Å². The summed E-state index contributed by atoms with van der Waals surface area (Å²) in [5.74, 6) is -0.765. The third kappa shape index (κ3) is 5.00. The fourth-order valence-electron chi connectivity index (χ4n) is 1.59. The molecule has 106 valence electrons. The smallest absolute Gasteiger partial charge is 0.308 e. The van der Waals surface area contributed by atoms with Crippen molar-refractivity contribution in [2.45, 2.75) is 32.9 Å². The molecule has 0 spiro atoms. The standard InChI is InChI=1S/C13H20N2O3S/c1-4-15(3)13(18)9(2)14-8-11-6-5-10(19-11)7-12(16)17/h5-6,9,14H,4,7-8H2,1-3H3,(H,16,17). The van der Waals surface area contributed by atoms with Gasteiger partial charge in [0.05, 0.1) is 12.5 Å². The zero-order chi connectivity index (χ0) is 14.4. The first-order valence-electron chi connectivity index (χ1n) is 6.21. The summed E-state index contributed by atoms with van der Waals surface area (Å²) in [6.45, 7) is 5.03. The summed E-state index contributed by atoms with van der Waals surface area (Å²) < 4.78 is 0. The second-order valence-corrected chi connectivity index (χ2v) is 5.65. The molecule has 19 heavy (non-hydrogen) atoms. The Morgan fingerprint density at radius 3 is 2.63 bits per heavy atom. The van der Waals surface area contributed by atoms with Crippen molar-refractivity contribution in [3.63, 3.8) is 0 Å². The predicted molar refractivity (Wildman–Crippen MR) is 75.3 cm³/mol. The van der Waals surface area contributed by atoms with Crippen LogP contribution in [0.4, 0.5) is 0 Å². The van der Waals surface area contributed by atoms with E-state index in [1.54, 1.807) is 11.9 Å². The molecule has 2 N–H and O–H groups in total. The molecule has 0 saturated heterocycles. The number of amides is 1. The molecule has 1 heterocycles. The first kappa shape index (κ1) is 15.7. The van der Waals surface area contributed by atoms with Crippen LogP contribution in [-0.4, -0.2) is 41.5 Å². The maximum absolute atomic E-state index is 11.8. The Balaban J connectivity index is 2.46. The number of nitrogens with one attached hydrogen (secondary N) is 1. The van der Waals surface area contributed by atoms with Gasteiger partial charge in [-0.15, -0.1) is 11.3 Å². The van der Waals surface area contributed by atoms with E-state index in [4.69, 9.17) is 5.11 Å². The molecule has 0 bridgehead atoms. The van der Waals surface area contributed by atoms with Crippen LogP contribution in [0.25, 0.3) is 0 Å². The van der Waals surface area contributed by atoms with E-state index in [-0.39, 0.29) is 18.4 Å². The Morgan fingerprint density at radius 2 is 2.05 bits per heavy atom. The molecule has 0 saturated carbocycles. The first-order chi connectivity index (χ1) is 8.93. The van der Waals surface area contributed by atoms with Gasteiger partial charge in [0, 0.05) is 29.9 Å². The van der Waals surface area contributed by atoms with Crippen LogP contribution < -0.4 is 5.32 Å². The molecule has 5 nitrogen and oxygen atoms in total. The molecule has 0 aliphatic carbocycles. The summed E-state index contributed by atoms with van der Waals surface area (Å²) >= 11 is 1.46. The second kappa shape index (κ2) is 7.25. The first-order valence-corrected chi connectivity index (χ1v) is 7.03. The van der Waals surface area contributed by atoms with Crippen LogP contribution in [0.15, 0.2) is 12.1 Å². The highest BCUT2D eigenvalue weighted by Gasteiger charge is 2.15. The van der Waals surface area contributed by atoms with Crippen LogP contribution in [0.1, 0.15) is 23.6 Å². The number of hydrogen-bond donors (Lipinski definition) is 2. The van der Waals surface area contributed by atoms with Gasteiger partial charge in [-0.2, -0.15) is 0 Å². The van der Waals surface area contributed by atoms with Crippen molar-refractivity contribution in [2.75, 3.05) is 13.6 Å². The molecule has 1 aromatic heterocycles. The van der Waals surface area contributed by atoms with Gasteiger partial charge in [0.1, 0.15) is 0 Å². The molecular weight excluding hydrogens is 264 g/mol. The zero-order valence-electron chi connectivity index (χ0n) is 11.5. The SMILES string of the molecule is CCN(C)C(=O)C(C)NCc1ccc(CC(=O)O)s1. The second-order valence-electron chi connectivity index (χ2n) is 4.39. The number of carboxylic acid groups (broad SMARTS) is 1. The Labute approximate surface area is 117 Å². The van der Waals surface area contributed by atoms with E-state index in [1.165, 1.54) is 11.3 Å². The van der Waals surface area contributed by atoms with Crippen molar-refractivity contribution >= 4 is 23.2 Å². The maximum atomic E-state index is 11.8. The molecule has 1 amide bonds. The molecule has 0 radical (unpaired) electrons. The fourth-order valence-corrected chi connectivity index (χ4v) is 2.55. The van der Waals surface area contributed by atoms with E-state index < -0.39 is 5.97 Å². The van der Waals surface area contributed by atoms with Gasteiger partial charge in [0.2, 0.25) is 5.91 Å². The summed E-state index contributed by atoms with van der Waals surface area (Å²) in [6, 6.07) is 3.48. The molecular formula is C13H20N2O3S. The quantitative estimate of drug-likeness (QED) is 0.792. The van der Waals surface area contributed by atoms with Crippen molar-refractivity contribution in [1.82, 2.24) is 10.2 Å². The van der Waals surface area contributed by atoms with Gasteiger partial charge < -0.3 is 15.3 Å². The largest absolute Gasteiger partial charge is 0.481 e. The highest BCUT2D eigenvalue weighted by atomic mass is 32.1. The molecule has 1 rings (SSSR count). The summed E-state index contributed by atoms with van der Waals surface area (Å²) in [7, 11) is 1.77. The molecule has 0 aliphatic heterocycles. The van der Waals surface area contributed by atoms with Gasteiger partial charge in [-0.3, -0.25) is 9.59 Å². The van der Waals surface area contributed by atoms with Gasteiger partial charge in [-0.1, -0.05) is 0 Å². The van der Waals surface area contributed by atoms with Gasteiger partial charge in [0.25, 0.3) is 0 Å². The van der Waals surface area contributed by atoms with Crippen molar-refractivity contribution < 1.29 is 14.7 Å². The Morgan fingerprint density at radius 1 is 1.42 bits per heavy atom. The van der Waals surface area contributed by atoms with Crippen LogP contribution in [-0.2, 0) is 22.6 Å². The maximum Gasteiger partial charge on any atom is 0.308 e. The molecule has 0 aliphatic rings. The Bertz CT molecular complexity index is 445. The highest BCUT2D eigenvalue weighted by Crippen LogP contribution is 2.17. The molecule has 6 heteroatoms. The number of nitrogens with zero attached hydrogens (tertiary/aromatic N) is 1. The molecule has 0 aromatic carbocycles. The average molecular weight is 284 g/mol. The lowest BCUT2D eigenvalue weighted by atomic mass is 10.3. The van der Waals surface area contributed by atoms with Gasteiger partial charge in [-0.05, 0) is 26.0 Å². The van der Waals surface area contributed by atoms with Crippen LogP contribution in [0, 0.1) is 0 Å². The van der Waals surface area contributed by atoms with Gasteiger partial charge in [-0.25, -0.2) is 0 Å². The minimum absolute atomic E-state index is 0.0533. The number of carbonyl (C=O) groups is 2. The minimum Gasteiger partial charge on any atom is -0.481 e. The van der Waals surface area contributed by atoms with Gasteiger partial charge in [0.15, 0.2) is 0 Å². The van der Waals surface area contributed by atoms with E-state index in [0.29, 0.717) is 13.1 Å². The number of thiophene rings is 1. The van der Waals surface area contributed by atoms with Crippen molar-refractivity contribution in [2.24, 2.45) is 0 Å². The normalized spacial score (nSPS) is 12.2. The average Bonchev–Trinajstić information content (AvgIpc) is 2.80. The number of carbonyl (C=O) groups excluding carboxylic acids is 1. The van der Waals surface area contributed by atoms with Crippen molar-refractivity contribution in [3.05, 3.63) is 21.9 Å². The third-order valence-corrected chi connectivity index (χ3v) is 3.93. The predicted octanol–water partition coefficient (Wildman–Crippen LogP) is 1.33. The Kier molecular flexibility index (Phi) is 5.98. The molecule has 1 unspecified atom stereocenters. The molecule has 1 atom stereocenters. The van der Waals surface area contributed by atoms with Crippen LogP contribution in [0.5, 0.6) is 0 Å². The third-order valence-electron chi connectivity index (χ3n) is 2.85. The van der Waals surface area contributed by atoms with E-state index >= 15 is 0 Å². The van der Waals surface area contributed by atoms with Crippen LogP contribution in [0.3, 0.4) is 0 Å². The number of likely N-dealkylation sites (N-methyl/N-ethyl adjacent to an activating group) is 1. The van der Waals surface area contributed by atoms with E-state index in [9.17, 15) is 9.59 Å². The molecule has 1 aromatic rings. The summed E-state index contributed by atoms with van der Waals surface area (Å²) in [4.78, 5) is 26.0. The number of rotatable bonds is 7. The lowest BCUT2D eigenvalue weighted by Crippen LogP contribution is -2.42. The fraction of sp³-hybridized carbons (Fsp3) is 0.538. The number of carboxylic acids is 1. The van der Waals surface area contributed by atoms with Crippen molar-refractivity contribution in [1.29, 1.82) is 0 Å². The van der Waals surface area contributed by atoms with E-state index in [0.717, 1.165) is 9.75 Å². The van der Waals surface area contributed by atoms with Gasteiger partial charge >= 0.3 is 5.97 Å². The summed E-state index contributed by atoms with van der Waals surface area (Å²) in [5.41, 5.74) is 0. The lowest BCUT2D eigenvalue weighted by Gasteiger charge is -2.20. The van der Waals surface area contributed by atoms with Crippen molar-refractivity contribution in [3.8, 4) is 0 Å².